The summed E-state index contributed by atoms with van der Waals surface area (Å²) in [6.45, 7) is 2.23. The molecular weight excluding hydrogens is 466 g/mol. The van der Waals surface area contributed by atoms with Gasteiger partial charge in [-0.15, -0.1) is 0 Å². The zero-order valence-corrected chi connectivity index (χ0v) is 21.6. The van der Waals surface area contributed by atoms with Crippen LogP contribution in [0.25, 0.3) is 0 Å². The van der Waals surface area contributed by atoms with E-state index in [2.05, 4.69) is 6.92 Å². The van der Waals surface area contributed by atoms with Crippen LogP contribution in [0.15, 0.2) is 46.2 Å². The molecule has 0 radical (unpaired) electrons. The Hall–Kier alpha value is -2.61. The Morgan fingerprint density at radius 1 is 0.771 bits per heavy atom. The van der Waals surface area contributed by atoms with Crippen LogP contribution in [-0.2, 0) is 16.3 Å². The van der Waals surface area contributed by atoms with Gasteiger partial charge >= 0.3 is 0 Å². The summed E-state index contributed by atoms with van der Waals surface area (Å²) >= 11 is 0. The maximum Gasteiger partial charge on any atom is 0.269 e. The van der Waals surface area contributed by atoms with Gasteiger partial charge in [0.25, 0.3) is 5.69 Å². The van der Waals surface area contributed by atoms with E-state index in [1.807, 2.05) is 0 Å². The quantitative estimate of drug-likeness (QED) is 0.0996. The van der Waals surface area contributed by atoms with Gasteiger partial charge in [-0.3, -0.25) is 10.1 Å². The smallest absolute Gasteiger partial charge is 0.269 e. The minimum atomic E-state index is -4.15. The van der Waals surface area contributed by atoms with Gasteiger partial charge in [0.2, 0.25) is 9.84 Å². The number of hydrogen-bond acceptors (Lipinski definition) is 6. The Bertz CT molecular complexity index is 1030. The molecule has 0 aromatic heterocycles. The lowest BCUT2D eigenvalue weighted by atomic mass is 10.0. The second-order valence-corrected chi connectivity index (χ2v) is 11.1. The molecule has 0 atom stereocenters. The Morgan fingerprint density at radius 2 is 1.26 bits per heavy atom. The molecule has 0 spiro atoms. The van der Waals surface area contributed by atoms with Gasteiger partial charge in [0.05, 0.1) is 9.82 Å². The van der Waals surface area contributed by atoms with Crippen molar-refractivity contribution in [2.24, 2.45) is 0 Å². The van der Waals surface area contributed by atoms with Gasteiger partial charge in [-0.25, -0.2) is 8.42 Å². The Kier molecular flexibility index (Phi) is 12.0. The predicted molar refractivity (Wildman–Crippen MR) is 138 cm³/mol. The molecule has 2 N–H and O–H groups in total. The third-order valence-electron chi connectivity index (χ3n) is 6.34. The number of aromatic hydroxyl groups is 2. The molecule has 0 bridgehead atoms. The van der Waals surface area contributed by atoms with Crippen LogP contribution in [0.4, 0.5) is 5.69 Å². The van der Waals surface area contributed by atoms with Gasteiger partial charge in [0, 0.05) is 18.2 Å². The summed E-state index contributed by atoms with van der Waals surface area (Å²) in [5.74, 6) is -0.618. The Morgan fingerprint density at radius 3 is 1.74 bits per heavy atom. The van der Waals surface area contributed by atoms with E-state index in [0.29, 0.717) is 12.0 Å². The molecule has 0 unspecified atom stereocenters. The number of hydrogen-bond donors (Lipinski definition) is 2. The van der Waals surface area contributed by atoms with Gasteiger partial charge < -0.3 is 10.2 Å². The van der Waals surface area contributed by atoms with E-state index in [1.54, 1.807) is 0 Å². The highest BCUT2D eigenvalue weighted by molar-refractivity contribution is 7.91. The molecule has 2 aromatic rings. The standard InChI is InChI=1S/C27H39NO6S/c1-2-3-4-5-6-7-8-9-10-11-12-13-14-15-22-20-24(29)21-26(27(22)30)35(33,34)25-18-16-23(17-19-25)28(31)32/h16-21,29-30H,2-15H2,1H3. The second-order valence-electron chi connectivity index (χ2n) is 9.20. The highest BCUT2D eigenvalue weighted by atomic mass is 32.2. The number of rotatable bonds is 17. The summed E-state index contributed by atoms with van der Waals surface area (Å²) in [4.78, 5) is 9.63. The van der Waals surface area contributed by atoms with Crippen LogP contribution >= 0.6 is 0 Å². The Labute approximate surface area is 209 Å². The van der Waals surface area contributed by atoms with Gasteiger partial charge in [-0.1, -0.05) is 84.0 Å². The molecule has 35 heavy (non-hydrogen) atoms. The number of nitro benzene ring substituents is 1. The monoisotopic (exact) mass is 505 g/mol. The van der Waals surface area contributed by atoms with E-state index in [0.717, 1.165) is 49.6 Å². The van der Waals surface area contributed by atoms with Crippen molar-refractivity contribution >= 4 is 15.5 Å². The molecule has 0 amide bonds. The first-order chi connectivity index (χ1) is 16.8. The molecular formula is C27H39NO6S. The lowest BCUT2D eigenvalue weighted by Gasteiger charge is -2.12. The zero-order valence-electron chi connectivity index (χ0n) is 20.7. The number of aryl methyl sites for hydroxylation is 1. The lowest BCUT2D eigenvalue weighted by molar-refractivity contribution is -0.384. The molecule has 2 aromatic carbocycles. The van der Waals surface area contributed by atoms with Crippen molar-refractivity contribution in [3.05, 3.63) is 52.1 Å². The highest BCUT2D eigenvalue weighted by Crippen LogP contribution is 2.36. The maximum absolute atomic E-state index is 13.0. The van der Waals surface area contributed by atoms with Crippen LogP contribution in [-0.4, -0.2) is 23.6 Å². The summed E-state index contributed by atoms with van der Waals surface area (Å²) in [7, 11) is -4.15. The fourth-order valence-electron chi connectivity index (χ4n) is 4.25. The lowest BCUT2D eigenvalue weighted by Crippen LogP contribution is -2.04. The minimum Gasteiger partial charge on any atom is -0.508 e. The van der Waals surface area contributed by atoms with Crippen molar-refractivity contribution in [3.8, 4) is 11.5 Å². The summed E-state index contributed by atoms with van der Waals surface area (Å²) in [6.07, 6.45) is 16.3. The minimum absolute atomic E-state index is 0.184. The molecule has 0 saturated heterocycles. The molecule has 8 heteroatoms. The highest BCUT2D eigenvalue weighted by Gasteiger charge is 2.25. The maximum atomic E-state index is 13.0. The van der Waals surface area contributed by atoms with Crippen molar-refractivity contribution in [1.29, 1.82) is 0 Å². The third kappa shape index (κ3) is 9.17. The fourth-order valence-corrected chi connectivity index (χ4v) is 5.66. The van der Waals surface area contributed by atoms with Crippen molar-refractivity contribution in [3.63, 3.8) is 0 Å². The van der Waals surface area contributed by atoms with E-state index in [4.69, 9.17) is 0 Å². The van der Waals surface area contributed by atoms with Gasteiger partial charge in [-0.2, -0.15) is 0 Å². The number of nitrogens with zero attached hydrogens (tertiary/aromatic N) is 1. The molecule has 2 rings (SSSR count). The molecule has 0 heterocycles. The molecule has 194 valence electrons. The first-order valence-electron chi connectivity index (χ1n) is 12.8. The first kappa shape index (κ1) is 28.6. The van der Waals surface area contributed by atoms with Crippen LogP contribution in [0.3, 0.4) is 0 Å². The molecule has 0 aliphatic carbocycles. The van der Waals surface area contributed by atoms with Crippen LogP contribution in [0.1, 0.15) is 96.0 Å². The zero-order chi connectivity index (χ0) is 25.7. The van der Waals surface area contributed by atoms with Gasteiger partial charge in [-0.05, 0) is 36.6 Å². The van der Waals surface area contributed by atoms with Crippen LogP contribution in [0, 0.1) is 10.1 Å². The van der Waals surface area contributed by atoms with Crippen LogP contribution in [0.5, 0.6) is 11.5 Å². The summed E-state index contributed by atoms with van der Waals surface area (Å²) in [5.41, 5.74) is 0.153. The molecule has 0 fully saturated rings. The van der Waals surface area contributed by atoms with E-state index in [1.165, 1.54) is 70.3 Å². The summed E-state index contributed by atoms with van der Waals surface area (Å²) < 4.78 is 26.0. The third-order valence-corrected chi connectivity index (χ3v) is 8.12. The van der Waals surface area contributed by atoms with Crippen molar-refractivity contribution in [2.75, 3.05) is 0 Å². The van der Waals surface area contributed by atoms with E-state index < -0.39 is 19.7 Å². The first-order valence-corrected chi connectivity index (χ1v) is 14.3. The number of non-ortho nitro benzene ring substituents is 1. The number of benzene rings is 2. The number of phenolic OH excluding ortho intramolecular Hbond substituents is 2. The normalized spacial score (nSPS) is 11.6. The van der Waals surface area contributed by atoms with Crippen LogP contribution in [0.2, 0.25) is 0 Å². The predicted octanol–water partition coefficient (Wildman–Crippen LogP) is 7.47. The summed E-state index contributed by atoms with van der Waals surface area (Å²) in [6, 6.07) is 6.86. The second kappa shape index (κ2) is 14.7. The average Bonchev–Trinajstić information content (AvgIpc) is 2.83. The number of sulfone groups is 1. The van der Waals surface area contributed by atoms with Crippen molar-refractivity contribution in [2.45, 2.75) is 107 Å². The Balaban J connectivity index is 1.82. The van der Waals surface area contributed by atoms with E-state index >= 15 is 0 Å². The number of nitro groups is 1. The van der Waals surface area contributed by atoms with Gasteiger partial charge in [0.1, 0.15) is 16.4 Å². The van der Waals surface area contributed by atoms with E-state index in [-0.39, 0.29) is 22.1 Å². The molecule has 0 saturated carbocycles. The SMILES string of the molecule is CCCCCCCCCCCCCCCc1cc(O)cc(S(=O)(=O)c2ccc([N+](=O)[O-])cc2)c1O. The fraction of sp³-hybridized carbons (Fsp3) is 0.556. The largest absolute Gasteiger partial charge is 0.508 e. The van der Waals surface area contributed by atoms with Crippen molar-refractivity contribution in [1.82, 2.24) is 0 Å². The molecule has 0 aliphatic heterocycles. The number of phenols is 2. The van der Waals surface area contributed by atoms with Crippen LogP contribution < -0.4 is 0 Å². The van der Waals surface area contributed by atoms with Crippen molar-refractivity contribution < 1.29 is 23.6 Å². The molecule has 7 nitrogen and oxygen atoms in total. The topological polar surface area (TPSA) is 118 Å². The number of unbranched alkanes of at least 4 members (excludes halogenated alkanes) is 12. The summed E-state index contributed by atoms with van der Waals surface area (Å²) in [5, 5.41) is 31.6. The molecule has 0 aliphatic rings. The van der Waals surface area contributed by atoms with Gasteiger partial charge in [0.15, 0.2) is 0 Å². The van der Waals surface area contributed by atoms with E-state index in [9.17, 15) is 28.7 Å². The average molecular weight is 506 g/mol.